The lowest BCUT2D eigenvalue weighted by atomic mass is 10.5. The Morgan fingerprint density at radius 2 is 2.15 bits per heavy atom. The van der Waals surface area contributed by atoms with E-state index >= 15 is 0 Å². The number of aryl methyl sites for hydroxylation is 1. The minimum atomic E-state index is 0.159. The molecule has 0 aliphatic carbocycles. The lowest BCUT2D eigenvalue weighted by molar-refractivity contribution is 0.786. The second-order valence-electron chi connectivity index (χ2n) is 2.67. The van der Waals surface area contributed by atoms with Crippen LogP contribution >= 0.6 is 0 Å². The third kappa shape index (κ3) is 1.07. The zero-order valence-corrected chi connectivity index (χ0v) is 7.23. The van der Waals surface area contributed by atoms with Crippen molar-refractivity contribution in [2.45, 2.75) is 13.5 Å². The molecule has 2 aromatic heterocycles. The number of anilines is 2. The fourth-order valence-electron chi connectivity index (χ4n) is 1.26. The predicted molar refractivity (Wildman–Crippen MR) is 49.8 cm³/mol. The van der Waals surface area contributed by atoms with Gasteiger partial charge in [0.15, 0.2) is 11.5 Å². The van der Waals surface area contributed by atoms with Gasteiger partial charge >= 0.3 is 0 Å². The van der Waals surface area contributed by atoms with Gasteiger partial charge in [-0.1, -0.05) is 0 Å². The predicted octanol–water partition coefficient (Wildman–Crippen LogP) is 0.0106. The molecule has 0 atom stereocenters. The molecule has 0 unspecified atom stereocenters. The van der Waals surface area contributed by atoms with Gasteiger partial charge in [-0.25, -0.2) is 4.98 Å². The van der Waals surface area contributed by atoms with Crippen LogP contribution in [0.4, 0.5) is 11.8 Å². The van der Waals surface area contributed by atoms with Crippen molar-refractivity contribution in [3.8, 4) is 0 Å². The summed E-state index contributed by atoms with van der Waals surface area (Å²) in [6.45, 7) is 2.78. The summed E-state index contributed by atoms with van der Waals surface area (Å²) in [7, 11) is 0. The molecule has 13 heavy (non-hydrogen) atoms. The number of nitrogen functional groups attached to an aromatic ring is 2. The van der Waals surface area contributed by atoms with E-state index in [0.29, 0.717) is 11.5 Å². The van der Waals surface area contributed by atoms with Crippen LogP contribution in [0.15, 0.2) is 6.33 Å². The molecule has 6 nitrogen and oxygen atoms in total. The molecule has 68 valence electrons. The summed E-state index contributed by atoms with van der Waals surface area (Å²) in [6.07, 6.45) is 1.68. The Bertz CT molecular complexity index is 445. The smallest absolute Gasteiger partial charge is 0.224 e. The van der Waals surface area contributed by atoms with Gasteiger partial charge in [0.25, 0.3) is 0 Å². The maximum Gasteiger partial charge on any atom is 0.224 e. The van der Waals surface area contributed by atoms with Gasteiger partial charge in [0.1, 0.15) is 5.52 Å². The average molecular weight is 178 g/mol. The highest BCUT2D eigenvalue weighted by Gasteiger charge is 2.08. The molecule has 2 rings (SSSR count). The molecular formula is C7H10N6. The van der Waals surface area contributed by atoms with Crippen LogP contribution in [0.2, 0.25) is 0 Å². The summed E-state index contributed by atoms with van der Waals surface area (Å²) in [5.41, 5.74) is 12.4. The van der Waals surface area contributed by atoms with E-state index in [-0.39, 0.29) is 5.95 Å². The van der Waals surface area contributed by atoms with Gasteiger partial charge in [-0.15, -0.1) is 0 Å². The van der Waals surface area contributed by atoms with Crippen LogP contribution in [-0.4, -0.2) is 19.5 Å². The number of aromatic nitrogens is 4. The average Bonchev–Trinajstić information content (AvgIpc) is 2.47. The number of nitrogens with zero attached hydrogens (tertiary/aromatic N) is 4. The van der Waals surface area contributed by atoms with Crippen LogP contribution in [0.1, 0.15) is 6.92 Å². The van der Waals surface area contributed by atoms with Crippen molar-refractivity contribution in [1.29, 1.82) is 0 Å². The molecule has 6 heteroatoms. The van der Waals surface area contributed by atoms with Gasteiger partial charge in [0, 0.05) is 6.54 Å². The first kappa shape index (κ1) is 7.78. The molecule has 0 aliphatic heterocycles. The topological polar surface area (TPSA) is 95.6 Å². The minimum Gasteiger partial charge on any atom is -0.382 e. The monoisotopic (exact) mass is 178 g/mol. The molecule has 0 aliphatic rings. The minimum absolute atomic E-state index is 0.159. The second-order valence-corrected chi connectivity index (χ2v) is 2.67. The summed E-state index contributed by atoms with van der Waals surface area (Å²) in [6, 6.07) is 0. The Kier molecular flexibility index (Phi) is 1.54. The Balaban J connectivity index is 2.82. The van der Waals surface area contributed by atoms with Gasteiger partial charge in [0.2, 0.25) is 5.95 Å². The van der Waals surface area contributed by atoms with Crippen molar-refractivity contribution >= 4 is 22.9 Å². The molecule has 0 saturated carbocycles. The summed E-state index contributed by atoms with van der Waals surface area (Å²) in [5.74, 6) is 0.535. The van der Waals surface area contributed by atoms with Crippen molar-refractivity contribution in [2.24, 2.45) is 0 Å². The number of rotatable bonds is 1. The van der Waals surface area contributed by atoms with E-state index in [2.05, 4.69) is 15.0 Å². The first-order valence-electron chi connectivity index (χ1n) is 3.96. The third-order valence-corrected chi connectivity index (χ3v) is 1.86. The molecule has 4 N–H and O–H groups in total. The van der Waals surface area contributed by atoms with E-state index in [9.17, 15) is 0 Å². The van der Waals surface area contributed by atoms with Gasteiger partial charge in [-0.3, -0.25) is 0 Å². The maximum absolute atomic E-state index is 5.69. The molecule has 2 aromatic rings. The Hall–Kier alpha value is -1.85. The second kappa shape index (κ2) is 2.58. The fourth-order valence-corrected chi connectivity index (χ4v) is 1.26. The first-order chi connectivity index (χ1) is 6.22. The summed E-state index contributed by atoms with van der Waals surface area (Å²) >= 11 is 0. The molecule has 0 spiro atoms. The van der Waals surface area contributed by atoms with E-state index in [1.165, 1.54) is 0 Å². The highest BCUT2D eigenvalue weighted by atomic mass is 15.1. The Morgan fingerprint density at radius 3 is 2.85 bits per heavy atom. The normalized spacial score (nSPS) is 10.8. The van der Waals surface area contributed by atoms with Crippen LogP contribution in [0, 0.1) is 0 Å². The van der Waals surface area contributed by atoms with Crippen LogP contribution in [0.3, 0.4) is 0 Å². The van der Waals surface area contributed by atoms with Crippen molar-refractivity contribution in [3.63, 3.8) is 0 Å². The first-order valence-corrected chi connectivity index (χ1v) is 3.96. The fraction of sp³-hybridized carbons (Fsp3) is 0.286. The van der Waals surface area contributed by atoms with E-state index in [4.69, 9.17) is 11.5 Å². The summed E-state index contributed by atoms with van der Waals surface area (Å²) in [5, 5.41) is 0. The standard InChI is InChI=1S/C7H10N6/c1-2-13-3-10-6-4(13)5(8)11-7(9)12-6/h3H,2H2,1H3,(H4,8,9,11,12). The molecule has 0 saturated heterocycles. The van der Waals surface area contributed by atoms with Crippen LogP contribution in [0.25, 0.3) is 11.2 Å². The highest BCUT2D eigenvalue weighted by Crippen LogP contribution is 2.16. The molecular weight excluding hydrogens is 168 g/mol. The van der Waals surface area contributed by atoms with Crippen LogP contribution in [0.5, 0.6) is 0 Å². The quantitative estimate of drug-likeness (QED) is 0.641. The SMILES string of the molecule is CCn1cnc2nc(N)nc(N)c21. The van der Waals surface area contributed by atoms with Crippen molar-refractivity contribution in [2.75, 3.05) is 11.5 Å². The Labute approximate surface area is 74.6 Å². The molecule has 0 bridgehead atoms. The summed E-state index contributed by atoms with van der Waals surface area (Å²) in [4.78, 5) is 11.9. The van der Waals surface area contributed by atoms with E-state index in [1.54, 1.807) is 6.33 Å². The highest BCUT2D eigenvalue weighted by molar-refractivity contribution is 5.82. The number of fused-ring (bicyclic) bond motifs is 1. The molecule has 0 fully saturated rings. The molecule has 2 heterocycles. The number of hydrogen-bond donors (Lipinski definition) is 2. The van der Waals surface area contributed by atoms with E-state index < -0.39 is 0 Å². The number of imidazole rings is 1. The summed E-state index contributed by atoms with van der Waals surface area (Å²) < 4.78 is 1.88. The van der Waals surface area contributed by atoms with E-state index in [0.717, 1.165) is 12.1 Å². The van der Waals surface area contributed by atoms with Gasteiger partial charge < -0.3 is 16.0 Å². The zero-order valence-electron chi connectivity index (χ0n) is 7.23. The third-order valence-electron chi connectivity index (χ3n) is 1.86. The van der Waals surface area contributed by atoms with Crippen molar-refractivity contribution in [1.82, 2.24) is 19.5 Å². The lowest BCUT2D eigenvalue weighted by Gasteiger charge is -2.01. The van der Waals surface area contributed by atoms with Crippen LogP contribution in [-0.2, 0) is 6.54 Å². The van der Waals surface area contributed by atoms with Crippen molar-refractivity contribution < 1.29 is 0 Å². The number of nitrogens with two attached hydrogens (primary N) is 2. The molecule has 0 aromatic carbocycles. The van der Waals surface area contributed by atoms with Gasteiger partial charge in [-0.2, -0.15) is 9.97 Å². The number of hydrogen-bond acceptors (Lipinski definition) is 5. The molecule has 0 amide bonds. The zero-order chi connectivity index (χ0) is 9.42. The van der Waals surface area contributed by atoms with Crippen LogP contribution < -0.4 is 11.5 Å². The lowest BCUT2D eigenvalue weighted by Crippen LogP contribution is -2.02. The maximum atomic E-state index is 5.69. The molecule has 0 radical (unpaired) electrons. The van der Waals surface area contributed by atoms with Crippen molar-refractivity contribution in [3.05, 3.63) is 6.33 Å². The van der Waals surface area contributed by atoms with Gasteiger partial charge in [0.05, 0.1) is 6.33 Å². The Morgan fingerprint density at radius 1 is 1.38 bits per heavy atom. The van der Waals surface area contributed by atoms with E-state index in [1.807, 2.05) is 11.5 Å². The van der Waals surface area contributed by atoms with Gasteiger partial charge in [-0.05, 0) is 6.92 Å². The largest absolute Gasteiger partial charge is 0.382 e.